The van der Waals surface area contributed by atoms with Crippen molar-refractivity contribution < 1.29 is 4.74 Å². The van der Waals surface area contributed by atoms with Crippen molar-refractivity contribution in [1.82, 2.24) is 4.57 Å². The highest BCUT2D eigenvalue weighted by Gasteiger charge is 2.14. The summed E-state index contributed by atoms with van der Waals surface area (Å²) in [6.07, 6.45) is 2.22. The van der Waals surface area contributed by atoms with Crippen LogP contribution in [0.2, 0.25) is 0 Å². The van der Waals surface area contributed by atoms with E-state index in [1.165, 1.54) is 0 Å². The van der Waals surface area contributed by atoms with E-state index in [0.29, 0.717) is 23.3 Å². The van der Waals surface area contributed by atoms with Crippen molar-refractivity contribution in [1.29, 1.82) is 0 Å². The molecule has 2 N–H and O–H groups in total. The largest absolute Gasteiger partial charge is 0.394 e. The minimum Gasteiger partial charge on any atom is -0.394 e. The monoisotopic (exact) mass is 516 g/mol. The van der Waals surface area contributed by atoms with Crippen LogP contribution in [0.1, 0.15) is 42.0 Å². The number of unbranched alkanes of at least 4 members (excludes halogenated alkanes) is 1. The van der Waals surface area contributed by atoms with Crippen LogP contribution in [-0.2, 0) is 22.3 Å². The third-order valence-electron chi connectivity index (χ3n) is 5.16. The molecule has 0 amide bonds. The maximum atomic E-state index is 13.1. The van der Waals surface area contributed by atoms with Crippen LogP contribution in [0.4, 0.5) is 5.69 Å². The molecule has 2 aromatic carbocycles. The highest BCUT2D eigenvalue weighted by Crippen LogP contribution is 2.25. The number of benzene rings is 2. The van der Waals surface area contributed by atoms with Gasteiger partial charge in [0.1, 0.15) is 5.69 Å². The number of nitrogens with zero attached hydrogens (tertiary/aromatic N) is 1. The van der Waals surface area contributed by atoms with Gasteiger partial charge >= 0.3 is 0 Å². The van der Waals surface area contributed by atoms with E-state index in [1.807, 2.05) is 18.2 Å². The minimum atomic E-state index is -0.132. The molecule has 3 aromatic rings. The fourth-order valence-corrected chi connectivity index (χ4v) is 4.01. The van der Waals surface area contributed by atoms with Crippen LogP contribution in [0.15, 0.2) is 59.4 Å². The number of rotatable bonds is 9. The Morgan fingerprint density at radius 3 is 2.47 bits per heavy atom. The number of aryl methyl sites for hydroxylation is 1. The highest BCUT2D eigenvalue weighted by molar-refractivity contribution is 14.1. The predicted octanol–water partition coefficient (Wildman–Crippen LogP) is 5.71. The molecule has 0 aliphatic carbocycles. The van der Waals surface area contributed by atoms with Gasteiger partial charge in [0.2, 0.25) is 0 Å². The molecule has 3 rings (SSSR count). The van der Waals surface area contributed by atoms with Crippen LogP contribution in [0.5, 0.6) is 0 Å². The van der Waals surface area contributed by atoms with Gasteiger partial charge in [-0.2, -0.15) is 0 Å². The number of nitrogens with two attached hydrogens (primary N) is 1. The van der Waals surface area contributed by atoms with E-state index in [2.05, 4.69) is 72.8 Å². The van der Waals surface area contributed by atoms with Gasteiger partial charge in [0.05, 0.1) is 18.8 Å². The quantitative estimate of drug-likeness (QED) is 0.225. The van der Waals surface area contributed by atoms with Crippen molar-refractivity contribution >= 4 is 28.3 Å². The number of alkyl halides is 1. The summed E-state index contributed by atoms with van der Waals surface area (Å²) in [4.78, 5) is 13.1. The van der Waals surface area contributed by atoms with Crippen molar-refractivity contribution in [2.45, 2.75) is 44.3 Å². The topological polar surface area (TPSA) is 57.2 Å². The highest BCUT2D eigenvalue weighted by atomic mass is 127. The second-order valence-electron chi connectivity index (χ2n) is 7.59. The third-order valence-corrected chi connectivity index (χ3v) is 5.98. The van der Waals surface area contributed by atoms with Gasteiger partial charge in [-0.15, -0.1) is 0 Å². The van der Waals surface area contributed by atoms with E-state index < -0.39 is 0 Å². The number of anilines is 1. The van der Waals surface area contributed by atoms with Gasteiger partial charge in [0.25, 0.3) is 5.56 Å². The maximum absolute atomic E-state index is 13.1. The summed E-state index contributed by atoms with van der Waals surface area (Å²) in [6, 6.07) is 18.5. The van der Waals surface area contributed by atoms with Gasteiger partial charge in [0, 0.05) is 11.0 Å². The van der Waals surface area contributed by atoms with Gasteiger partial charge in [-0.25, -0.2) is 0 Å². The summed E-state index contributed by atoms with van der Waals surface area (Å²) >= 11 is 2.25. The average molecular weight is 516 g/mol. The fourth-order valence-electron chi connectivity index (χ4n) is 3.38. The lowest BCUT2D eigenvalue weighted by atomic mass is 10.0. The first-order valence-electron chi connectivity index (χ1n) is 10.3. The molecule has 0 bridgehead atoms. The first kappa shape index (κ1) is 22.6. The number of aromatic nitrogens is 1. The molecule has 0 saturated heterocycles. The number of ether oxygens (including phenoxy) is 1. The maximum Gasteiger partial charge on any atom is 0.274 e. The molecule has 158 valence electrons. The van der Waals surface area contributed by atoms with E-state index in [-0.39, 0.29) is 5.56 Å². The number of nitrogen functional groups attached to an aromatic ring is 1. The second-order valence-corrected chi connectivity index (χ2v) is 8.35. The molecule has 30 heavy (non-hydrogen) atoms. The van der Waals surface area contributed by atoms with Gasteiger partial charge in [0.15, 0.2) is 0 Å². The Morgan fingerprint density at radius 1 is 1.07 bits per heavy atom. The Morgan fingerprint density at radius 2 is 1.80 bits per heavy atom. The molecule has 0 atom stereocenters. The van der Waals surface area contributed by atoms with E-state index >= 15 is 0 Å². The molecule has 4 nitrogen and oxygen atoms in total. The molecular weight excluding hydrogens is 487 g/mol. The summed E-state index contributed by atoms with van der Waals surface area (Å²) in [5.74, 6) is 0. The van der Waals surface area contributed by atoms with Crippen LogP contribution in [0.25, 0.3) is 11.3 Å². The second kappa shape index (κ2) is 10.8. The number of halogens is 1. The Balaban J connectivity index is 1.91. The fraction of sp³-hybridized carbons (Fsp3) is 0.320. The summed E-state index contributed by atoms with van der Waals surface area (Å²) in [5.41, 5.74) is 12.5. The molecule has 0 aliphatic heterocycles. The van der Waals surface area contributed by atoms with Crippen molar-refractivity contribution in [2.24, 2.45) is 0 Å². The minimum absolute atomic E-state index is 0.132. The van der Waals surface area contributed by atoms with Crippen LogP contribution in [-0.4, -0.2) is 11.2 Å². The summed E-state index contributed by atoms with van der Waals surface area (Å²) in [5, 5.41) is 0. The number of hydrogen-bond donors (Lipinski definition) is 1. The Kier molecular flexibility index (Phi) is 8.10. The normalized spacial score (nSPS) is 11.0. The first-order valence-corrected chi connectivity index (χ1v) is 11.9. The molecule has 0 fully saturated rings. The van der Waals surface area contributed by atoms with Gasteiger partial charge in [-0.05, 0) is 47.7 Å². The molecule has 0 unspecified atom stereocenters. The van der Waals surface area contributed by atoms with Crippen molar-refractivity contribution in [2.75, 3.05) is 12.3 Å². The van der Waals surface area contributed by atoms with Gasteiger partial charge < -0.3 is 15.0 Å². The zero-order valence-electron chi connectivity index (χ0n) is 17.7. The predicted molar refractivity (Wildman–Crippen MR) is 133 cm³/mol. The number of pyridine rings is 1. The lowest BCUT2D eigenvalue weighted by Gasteiger charge is -2.17. The van der Waals surface area contributed by atoms with Crippen LogP contribution >= 0.6 is 22.6 Å². The first-order chi connectivity index (χ1) is 14.5. The Hall–Kier alpha value is -2.12. The standard InChI is InChI=1S/C25H29IN2O2/c1-3-4-12-30-17-20-10-8-19(9-11-20)16-28-23(21-7-5-6-18(2)13-21)14-22(15-26)24(27)25(28)29/h5-11,13-14H,3-4,12,15-17,27H2,1-2H3. The van der Waals surface area contributed by atoms with Crippen LogP contribution < -0.4 is 11.3 Å². The molecule has 0 aliphatic rings. The van der Waals surface area contributed by atoms with Crippen molar-refractivity contribution in [3.05, 3.63) is 87.2 Å². The average Bonchev–Trinajstić information content (AvgIpc) is 2.76. The zero-order chi connectivity index (χ0) is 21.5. The Bertz CT molecular complexity index is 1040. The lowest BCUT2D eigenvalue weighted by Crippen LogP contribution is -2.26. The smallest absolute Gasteiger partial charge is 0.274 e. The third kappa shape index (κ3) is 5.52. The van der Waals surface area contributed by atoms with Crippen LogP contribution in [0, 0.1) is 6.92 Å². The molecule has 1 heterocycles. The van der Waals surface area contributed by atoms with Gasteiger partial charge in [-0.3, -0.25) is 4.79 Å². The summed E-state index contributed by atoms with van der Waals surface area (Å²) in [7, 11) is 0. The van der Waals surface area contributed by atoms with Gasteiger partial charge in [-0.1, -0.05) is 84.0 Å². The summed E-state index contributed by atoms with van der Waals surface area (Å²) in [6.45, 7) is 6.10. The summed E-state index contributed by atoms with van der Waals surface area (Å²) < 4.78 is 8.18. The SMILES string of the molecule is CCCCOCc1ccc(Cn2c(-c3cccc(C)c3)cc(CI)c(N)c2=O)cc1. The molecule has 5 heteroatoms. The van der Waals surface area contributed by atoms with Crippen molar-refractivity contribution in [3.63, 3.8) is 0 Å². The zero-order valence-corrected chi connectivity index (χ0v) is 19.8. The molecule has 0 saturated carbocycles. The molecule has 0 radical (unpaired) electrons. The molecule has 1 aromatic heterocycles. The van der Waals surface area contributed by atoms with E-state index in [4.69, 9.17) is 10.5 Å². The molecular formula is C25H29IN2O2. The lowest BCUT2D eigenvalue weighted by molar-refractivity contribution is 0.118. The van der Waals surface area contributed by atoms with E-state index in [1.54, 1.807) is 4.57 Å². The number of hydrogen-bond acceptors (Lipinski definition) is 3. The molecule has 0 spiro atoms. The van der Waals surface area contributed by atoms with E-state index in [9.17, 15) is 4.79 Å². The van der Waals surface area contributed by atoms with Crippen molar-refractivity contribution in [3.8, 4) is 11.3 Å². The van der Waals surface area contributed by atoms with Crippen LogP contribution in [0.3, 0.4) is 0 Å². The Labute approximate surface area is 192 Å². The van der Waals surface area contributed by atoms with E-state index in [0.717, 1.165) is 53.0 Å².